The van der Waals surface area contributed by atoms with Gasteiger partial charge in [0.2, 0.25) is 0 Å². The van der Waals surface area contributed by atoms with Crippen molar-refractivity contribution in [3.63, 3.8) is 0 Å². The molecule has 0 aromatic heterocycles. The van der Waals surface area contributed by atoms with Gasteiger partial charge in [-0.1, -0.05) is 30.3 Å². The Balaban J connectivity index is 2.15. The molecule has 2 rings (SSSR count). The standard InChI is InChI=1S/C15H16ClNO2/c16-10-14(18)15(19)11-5-4-8-13(9-11)17-12-6-2-1-3-7-12/h1-9,14-15,17-19H,10H2. The highest BCUT2D eigenvalue weighted by Crippen LogP contribution is 2.23. The summed E-state index contributed by atoms with van der Waals surface area (Å²) in [7, 11) is 0. The molecule has 0 bridgehead atoms. The summed E-state index contributed by atoms with van der Waals surface area (Å²) >= 11 is 5.54. The molecule has 3 nitrogen and oxygen atoms in total. The van der Waals surface area contributed by atoms with Gasteiger partial charge in [-0.25, -0.2) is 0 Å². The van der Waals surface area contributed by atoms with E-state index in [1.54, 1.807) is 12.1 Å². The molecule has 0 saturated heterocycles. The number of aliphatic hydroxyl groups excluding tert-OH is 2. The first-order valence-corrected chi connectivity index (χ1v) is 6.58. The molecule has 19 heavy (non-hydrogen) atoms. The highest BCUT2D eigenvalue weighted by atomic mass is 35.5. The number of aliphatic hydroxyl groups is 2. The summed E-state index contributed by atoms with van der Waals surface area (Å²) in [5, 5.41) is 22.7. The molecular weight excluding hydrogens is 262 g/mol. The predicted molar refractivity (Wildman–Crippen MR) is 77.9 cm³/mol. The molecule has 0 heterocycles. The topological polar surface area (TPSA) is 52.5 Å². The molecule has 2 atom stereocenters. The number of benzene rings is 2. The van der Waals surface area contributed by atoms with E-state index in [2.05, 4.69) is 5.32 Å². The lowest BCUT2D eigenvalue weighted by Crippen LogP contribution is -2.19. The summed E-state index contributed by atoms with van der Waals surface area (Å²) in [6.07, 6.45) is -1.94. The molecule has 100 valence electrons. The van der Waals surface area contributed by atoms with E-state index in [0.29, 0.717) is 5.56 Å². The van der Waals surface area contributed by atoms with E-state index < -0.39 is 12.2 Å². The van der Waals surface area contributed by atoms with E-state index in [4.69, 9.17) is 11.6 Å². The summed E-state index contributed by atoms with van der Waals surface area (Å²) in [4.78, 5) is 0. The van der Waals surface area contributed by atoms with Crippen LogP contribution in [-0.4, -0.2) is 22.2 Å². The number of halogens is 1. The number of rotatable bonds is 5. The Morgan fingerprint density at radius 2 is 1.63 bits per heavy atom. The largest absolute Gasteiger partial charge is 0.389 e. The summed E-state index contributed by atoms with van der Waals surface area (Å²) in [5.41, 5.74) is 2.45. The van der Waals surface area contributed by atoms with Crippen LogP contribution in [0.3, 0.4) is 0 Å². The van der Waals surface area contributed by atoms with Crippen molar-refractivity contribution in [3.8, 4) is 0 Å². The van der Waals surface area contributed by atoms with Crippen molar-refractivity contribution in [3.05, 3.63) is 60.2 Å². The van der Waals surface area contributed by atoms with Crippen molar-refractivity contribution in [2.24, 2.45) is 0 Å². The van der Waals surface area contributed by atoms with Crippen LogP contribution in [0.5, 0.6) is 0 Å². The molecule has 0 aliphatic heterocycles. The minimum Gasteiger partial charge on any atom is -0.389 e. The number of hydrogen-bond donors (Lipinski definition) is 3. The highest BCUT2D eigenvalue weighted by Gasteiger charge is 2.17. The number of alkyl halides is 1. The molecule has 0 aliphatic rings. The van der Waals surface area contributed by atoms with Gasteiger partial charge in [-0.3, -0.25) is 0 Å². The minimum absolute atomic E-state index is 0.00247. The predicted octanol–water partition coefficient (Wildman–Crippen LogP) is 3.06. The lowest BCUT2D eigenvalue weighted by Gasteiger charge is -2.17. The highest BCUT2D eigenvalue weighted by molar-refractivity contribution is 6.18. The smallest absolute Gasteiger partial charge is 0.106 e. The molecule has 0 aliphatic carbocycles. The van der Waals surface area contributed by atoms with Gasteiger partial charge in [0.25, 0.3) is 0 Å². The van der Waals surface area contributed by atoms with Crippen LogP contribution in [0, 0.1) is 0 Å². The Labute approximate surface area is 117 Å². The van der Waals surface area contributed by atoms with E-state index >= 15 is 0 Å². The Hall–Kier alpha value is -1.55. The van der Waals surface area contributed by atoms with Crippen LogP contribution in [0.4, 0.5) is 11.4 Å². The van der Waals surface area contributed by atoms with Crippen LogP contribution in [0.15, 0.2) is 54.6 Å². The number of para-hydroxylation sites is 1. The first-order chi connectivity index (χ1) is 9.20. The van der Waals surface area contributed by atoms with Gasteiger partial charge in [-0.15, -0.1) is 11.6 Å². The molecule has 2 unspecified atom stereocenters. The molecule has 4 heteroatoms. The van der Waals surface area contributed by atoms with Gasteiger partial charge in [0.05, 0.1) is 12.0 Å². The maximum absolute atomic E-state index is 9.92. The Morgan fingerprint density at radius 1 is 0.947 bits per heavy atom. The molecule has 0 amide bonds. The van der Waals surface area contributed by atoms with Gasteiger partial charge in [-0.05, 0) is 29.8 Å². The van der Waals surface area contributed by atoms with Gasteiger partial charge in [0.15, 0.2) is 0 Å². The zero-order valence-corrected chi connectivity index (χ0v) is 11.1. The third-order valence-corrected chi connectivity index (χ3v) is 3.13. The third kappa shape index (κ3) is 3.70. The van der Waals surface area contributed by atoms with Crippen molar-refractivity contribution in [1.29, 1.82) is 0 Å². The van der Waals surface area contributed by atoms with E-state index in [1.807, 2.05) is 42.5 Å². The zero-order valence-electron chi connectivity index (χ0n) is 10.3. The average Bonchev–Trinajstić information content (AvgIpc) is 2.47. The van der Waals surface area contributed by atoms with Crippen molar-refractivity contribution in [2.75, 3.05) is 11.2 Å². The van der Waals surface area contributed by atoms with Gasteiger partial charge in [-0.2, -0.15) is 0 Å². The fourth-order valence-electron chi connectivity index (χ4n) is 1.80. The molecule has 0 spiro atoms. The van der Waals surface area contributed by atoms with Crippen LogP contribution < -0.4 is 5.32 Å². The summed E-state index contributed by atoms with van der Waals surface area (Å²) in [5.74, 6) is -0.00247. The SMILES string of the molecule is OC(CCl)C(O)c1cccc(Nc2ccccc2)c1. The molecule has 2 aromatic carbocycles. The Morgan fingerprint density at radius 3 is 2.32 bits per heavy atom. The van der Waals surface area contributed by atoms with Crippen LogP contribution in [0.25, 0.3) is 0 Å². The second kappa shape index (κ2) is 6.57. The average molecular weight is 278 g/mol. The van der Waals surface area contributed by atoms with Crippen molar-refractivity contribution < 1.29 is 10.2 Å². The lowest BCUT2D eigenvalue weighted by molar-refractivity contribution is 0.0327. The van der Waals surface area contributed by atoms with Gasteiger partial charge in [0.1, 0.15) is 6.10 Å². The minimum atomic E-state index is -0.977. The first kappa shape index (κ1) is 13.9. The molecule has 0 radical (unpaired) electrons. The second-order valence-corrected chi connectivity index (χ2v) is 4.59. The van der Waals surface area contributed by atoms with Crippen LogP contribution in [0.1, 0.15) is 11.7 Å². The lowest BCUT2D eigenvalue weighted by atomic mass is 10.0. The van der Waals surface area contributed by atoms with Crippen molar-refractivity contribution in [2.45, 2.75) is 12.2 Å². The zero-order chi connectivity index (χ0) is 13.7. The molecule has 0 fully saturated rings. The summed E-state index contributed by atoms with van der Waals surface area (Å²) in [6, 6.07) is 17.0. The van der Waals surface area contributed by atoms with Crippen molar-refractivity contribution >= 4 is 23.0 Å². The van der Waals surface area contributed by atoms with E-state index in [9.17, 15) is 10.2 Å². The molecule has 0 saturated carbocycles. The second-order valence-electron chi connectivity index (χ2n) is 4.28. The third-order valence-electron chi connectivity index (χ3n) is 2.81. The van der Waals surface area contributed by atoms with Crippen LogP contribution in [-0.2, 0) is 0 Å². The van der Waals surface area contributed by atoms with Gasteiger partial charge < -0.3 is 15.5 Å². The van der Waals surface area contributed by atoms with E-state index in [-0.39, 0.29) is 5.88 Å². The maximum Gasteiger partial charge on any atom is 0.106 e. The summed E-state index contributed by atoms with van der Waals surface area (Å²) < 4.78 is 0. The first-order valence-electron chi connectivity index (χ1n) is 6.05. The van der Waals surface area contributed by atoms with Crippen LogP contribution in [0.2, 0.25) is 0 Å². The molecule has 3 N–H and O–H groups in total. The summed E-state index contributed by atoms with van der Waals surface area (Å²) in [6.45, 7) is 0. The number of hydrogen-bond acceptors (Lipinski definition) is 3. The van der Waals surface area contributed by atoms with Gasteiger partial charge >= 0.3 is 0 Å². The van der Waals surface area contributed by atoms with Crippen LogP contribution >= 0.6 is 11.6 Å². The monoisotopic (exact) mass is 277 g/mol. The maximum atomic E-state index is 9.92. The van der Waals surface area contributed by atoms with E-state index in [0.717, 1.165) is 11.4 Å². The molecular formula is C15H16ClNO2. The Bertz CT molecular complexity index is 519. The quantitative estimate of drug-likeness (QED) is 0.736. The molecule has 2 aromatic rings. The fraction of sp³-hybridized carbons (Fsp3) is 0.200. The fourth-order valence-corrected chi connectivity index (χ4v) is 1.96. The van der Waals surface area contributed by atoms with Gasteiger partial charge in [0, 0.05) is 11.4 Å². The Kier molecular flexibility index (Phi) is 4.80. The number of anilines is 2. The normalized spacial score (nSPS) is 13.8. The number of nitrogens with one attached hydrogen (secondary N) is 1. The van der Waals surface area contributed by atoms with E-state index in [1.165, 1.54) is 0 Å². The van der Waals surface area contributed by atoms with Crippen molar-refractivity contribution in [1.82, 2.24) is 0 Å².